The number of fused-ring (bicyclic) bond motifs is 5. The van der Waals surface area contributed by atoms with Gasteiger partial charge in [-0.15, -0.1) is 0 Å². The van der Waals surface area contributed by atoms with Crippen molar-refractivity contribution in [3.63, 3.8) is 0 Å². The molecule has 86 valence electrons. The summed E-state index contributed by atoms with van der Waals surface area (Å²) in [5, 5.41) is 9.99. The molecule has 1 fully saturated rings. The Morgan fingerprint density at radius 1 is 1.19 bits per heavy atom. The van der Waals surface area contributed by atoms with Gasteiger partial charge >= 0.3 is 5.97 Å². The maximum atomic E-state index is 11.1. The fourth-order valence-corrected chi connectivity index (χ4v) is 3.63. The molecule has 3 nitrogen and oxygen atoms in total. The van der Waals surface area contributed by atoms with E-state index < -0.39 is 0 Å². The molecule has 2 bridgehead atoms. The molecule has 0 spiro atoms. The van der Waals surface area contributed by atoms with Crippen LogP contribution in [0.3, 0.4) is 0 Å². The maximum absolute atomic E-state index is 11.1. The van der Waals surface area contributed by atoms with E-state index in [1.807, 2.05) is 6.08 Å². The van der Waals surface area contributed by atoms with Crippen LogP contribution in [0.2, 0.25) is 0 Å². The zero-order valence-corrected chi connectivity index (χ0v) is 9.24. The SMILES string of the molecule is CC(=O)O[C@@H]1C=C[C@H](O)C2C3C=CC(C3)C21. The first-order chi connectivity index (χ1) is 7.66. The van der Waals surface area contributed by atoms with Crippen LogP contribution in [-0.4, -0.2) is 23.3 Å². The third-order valence-electron chi connectivity index (χ3n) is 4.16. The van der Waals surface area contributed by atoms with Crippen molar-refractivity contribution >= 4 is 5.97 Å². The van der Waals surface area contributed by atoms with Crippen LogP contribution in [0.25, 0.3) is 0 Å². The van der Waals surface area contributed by atoms with Gasteiger partial charge in [-0.3, -0.25) is 4.79 Å². The normalized spacial score (nSPS) is 48.1. The second-order valence-electron chi connectivity index (χ2n) is 5.05. The lowest BCUT2D eigenvalue weighted by atomic mass is 9.73. The van der Waals surface area contributed by atoms with Crippen LogP contribution < -0.4 is 0 Å². The number of hydrogen-bond donors (Lipinski definition) is 1. The molecule has 3 aliphatic rings. The maximum Gasteiger partial charge on any atom is 0.303 e. The first kappa shape index (κ1) is 10.1. The highest BCUT2D eigenvalue weighted by molar-refractivity contribution is 5.66. The van der Waals surface area contributed by atoms with E-state index in [0.29, 0.717) is 11.8 Å². The van der Waals surface area contributed by atoms with Crippen molar-refractivity contribution in [2.45, 2.75) is 25.6 Å². The Morgan fingerprint density at radius 2 is 1.88 bits per heavy atom. The summed E-state index contributed by atoms with van der Waals surface area (Å²) in [6.45, 7) is 1.44. The van der Waals surface area contributed by atoms with Gasteiger partial charge in [0.15, 0.2) is 0 Å². The second-order valence-corrected chi connectivity index (χ2v) is 5.05. The molecule has 0 aliphatic heterocycles. The van der Waals surface area contributed by atoms with Gasteiger partial charge in [0.1, 0.15) is 6.10 Å². The number of ether oxygens (including phenoxy) is 1. The summed E-state index contributed by atoms with van der Waals surface area (Å²) in [5.74, 6) is 1.21. The molecule has 16 heavy (non-hydrogen) atoms. The molecule has 3 heteroatoms. The van der Waals surface area contributed by atoms with Gasteiger partial charge in [0.2, 0.25) is 0 Å². The number of hydrogen-bond acceptors (Lipinski definition) is 3. The molecule has 0 saturated heterocycles. The van der Waals surface area contributed by atoms with Crippen LogP contribution in [0.1, 0.15) is 13.3 Å². The topological polar surface area (TPSA) is 46.5 Å². The van der Waals surface area contributed by atoms with Crippen LogP contribution in [0.4, 0.5) is 0 Å². The van der Waals surface area contributed by atoms with Gasteiger partial charge in [-0.2, -0.15) is 0 Å². The number of aliphatic hydroxyl groups excluding tert-OH is 1. The predicted octanol–water partition coefficient (Wildman–Crippen LogP) is 1.29. The lowest BCUT2D eigenvalue weighted by Crippen LogP contribution is -2.41. The van der Waals surface area contributed by atoms with E-state index in [1.54, 1.807) is 6.08 Å². The summed E-state index contributed by atoms with van der Waals surface area (Å²) in [7, 11) is 0. The summed E-state index contributed by atoms with van der Waals surface area (Å²) >= 11 is 0. The van der Waals surface area contributed by atoms with Crippen molar-refractivity contribution in [2.24, 2.45) is 23.7 Å². The largest absolute Gasteiger partial charge is 0.458 e. The quantitative estimate of drug-likeness (QED) is 0.535. The van der Waals surface area contributed by atoms with Gasteiger partial charge in [-0.05, 0) is 24.3 Å². The predicted molar refractivity (Wildman–Crippen MR) is 58.4 cm³/mol. The molecule has 4 unspecified atom stereocenters. The minimum atomic E-state index is -0.378. The van der Waals surface area contributed by atoms with Gasteiger partial charge in [0.05, 0.1) is 6.10 Å². The molecule has 0 heterocycles. The van der Waals surface area contributed by atoms with E-state index in [1.165, 1.54) is 6.92 Å². The lowest BCUT2D eigenvalue weighted by molar-refractivity contribution is -0.149. The molecule has 0 aromatic rings. The summed E-state index contributed by atoms with van der Waals surface area (Å²) < 4.78 is 5.34. The molecule has 0 aromatic heterocycles. The monoisotopic (exact) mass is 220 g/mol. The molecule has 1 N–H and O–H groups in total. The number of carbonyl (C=O) groups is 1. The van der Waals surface area contributed by atoms with E-state index in [-0.39, 0.29) is 30.0 Å². The van der Waals surface area contributed by atoms with E-state index >= 15 is 0 Å². The highest BCUT2D eigenvalue weighted by Gasteiger charge is 2.52. The molecule has 3 rings (SSSR count). The minimum Gasteiger partial charge on any atom is -0.458 e. The number of aliphatic hydroxyl groups is 1. The van der Waals surface area contributed by atoms with Crippen molar-refractivity contribution in [1.29, 1.82) is 0 Å². The molecule has 0 amide bonds. The van der Waals surface area contributed by atoms with Gasteiger partial charge in [-0.25, -0.2) is 0 Å². The summed E-state index contributed by atoms with van der Waals surface area (Å²) in [6.07, 6.45) is 8.63. The molecule has 6 atom stereocenters. The summed E-state index contributed by atoms with van der Waals surface area (Å²) in [6, 6.07) is 0. The second kappa shape index (κ2) is 3.45. The van der Waals surface area contributed by atoms with Crippen molar-refractivity contribution in [3.8, 4) is 0 Å². The van der Waals surface area contributed by atoms with E-state index in [4.69, 9.17) is 4.74 Å². The number of rotatable bonds is 1. The zero-order valence-electron chi connectivity index (χ0n) is 9.24. The number of carbonyl (C=O) groups excluding carboxylic acids is 1. The third kappa shape index (κ3) is 1.34. The molecule has 3 aliphatic carbocycles. The summed E-state index contributed by atoms with van der Waals surface area (Å²) in [4.78, 5) is 11.1. The minimum absolute atomic E-state index is 0.147. The highest BCUT2D eigenvalue weighted by Crippen LogP contribution is 2.53. The Labute approximate surface area is 94.8 Å². The molecular formula is C13H16O3. The number of esters is 1. The van der Waals surface area contributed by atoms with E-state index in [9.17, 15) is 9.90 Å². The van der Waals surface area contributed by atoms with Crippen LogP contribution in [0, 0.1) is 23.7 Å². The standard InChI is InChI=1S/C13H16O3/c1-7(14)16-11-5-4-10(15)12-8-2-3-9(6-8)13(11)12/h2-5,8-13,15H,6H2,1H3/t8?,9?,10-,11+,12?,13?/m0/s1. The van der Waals surface area contributed by atoms with Crippen LogP contribution >= 0.6 is 0 Å². The average molecular weight is 220 g/mol. The first-order valence-electron chi connectivity index (χ1n) is 5.89. The van der Waals surface area contributed by atoms with Crippen molar-refractivity contribution in [2.75, 3.05) is 0 Å². The summed E-state index contributed by atoms with van der Waals surface area (Å²) in [5.41, 5.74) is 0. The van der Waals surface area contributed by atoms with Crippen LogP contribution in [-0.2, 0) is 9.53 Å². The highest BCUT2D eigenvalue weighted by atomic mass is 16.5. The van der Waals surface area contributed by atoms with E-state index in [2.05, 4.69) is 12.2 Å². The van der Waals surface area contributed by atoms with Gasteiger partial charge in [-0.1, -0.05) is 18.2 Å². The number of allylic oxidation sites excluding steroid dienone is 2. The Bertz CT molecular complexity index is 371. The fourth-order valence-electron chi connectivity index (χ4n) is 3.63. The zero-order chi connectivity index (χ0) is 11.3. The molecule has 0 aromatic carbocycles. The van der Waals surface area contributed by atoms with Gasteiger partial charge < -0.3 is 9.84 Å². The Balaban J connectivity index is 1.89. The Hall–Kier alpha value is -1.09. The van der Waals surface area contributed by atoms with Crippen molar-refractivity contribution < 1.29 is 14.6 Å². The van der Waals surface area contributed by atoms with Gasteiger partial charge in [0.25, 0.3) is 0 Å². The Morgan fingerprint density at radius 3 is 2.56 bits per heavy atom. The third-order valence-corrected chi connectivity index (χ3v) is 4.16. The van der Waals surface area contributed by atoms with Crippen molar-refractivity contribution in [1.82, 2.24) is 0 Å². The molecule has 1 saturated carbocycles. The van der Waals surface area contributed by atoms with Gasteiger partial charge in [0, 0.05) is 18.8 Å². The smallest absolute Gasteiger partial charge is 0.303 e. The molecular weight excluding hydrogens is 204 g/mol. The average Bonchev–Trinajstić information content (AvgIpc) is 2.82. The van der Waals surface area contributed by atoms with E-state index in [0.717, 1.165) is 6.42 Å². The van der Waals surface area contributed by atoms with Crippen LogP contribution in [0.15, 0.2) is 24.3 Å². The molecule has 0 radical (unpaired) electrons. The first-order valence-corrected chi connectivity index (χ1v) is 5.89. The van der Waals surface area contributed by atoms with Crippen molar-refractivity contribution in [3.05, 3.63) is 24.3 Å². The lowest BCUT2D eigenvalue weighted by Gasteiger charge is -2.37. The Kier molecular flexibility index (Phi) is 2.18. The van der Waals surface area contributed by atoms with Crippen LogP contribution in [0.5, 0.6) is 0 Å². The fraction of sp³-hybridized carbons (Fsp3) is 0.615.